The molecule has 2 nitrogen and oxygen atoms in total. The number of pyridine rings is 1. The van der Waals surface area contributed by atoms with Crippen LogP contribution in [0.3, 0.4) is 0 Å². The molecule has 1 heterocycles. The van der Waals surface area contributed by atoms with Gasteiger partial charge < -0.3 is 0 Å². The first-order valence-electron chi connectivity index (χ1n) is 6.21. The summed E-state index contributed by atoms with van der Waals surface area (Å²) in [6.45, 7) is 8.21. The van der Waals surface area contributed by atoms with Crippen molar-refractivity contribution in [1.29, 1.82) is 0 Å². The van der Waals surface area contributed by atoms with E-state index in [9.17, 15) is 0 Å². The number of aromatic nitrogens is 1. The quantitative estimate of drug-likeness (QED) is 0.732. The van der Waals surface area contributed by atoms with Crippen LogP contribution in [0.25, 0.3) is 0 Å². The van der Waals surface area contributed by atoms with Crippen LogP contribution in [0.1, 0.15) is 27.8 Å². The van der Waals surface area contributed by atoms with Crippen molar-refractivity contribution in [2.24, 2.45) is 4.99 Å². The maximum Gasteiger partial charge on any atom is 0.138 e. The molecule has 1 aromatic carbocycles. The van der Waals surface area contributed by atoms with Crippen molar-refractivity contribution in [3.8, 4) is 0 Å². The van der Waals surface area contributed by atoms with Gasteiger partial charge in [-0.25, -0.2) is 4.99 Å². The Morgan fingerprint density at radius 1 is 0.947 bits per heavy atom. The third kappa shape index (κ3) is 3.21. The molecule has 0 fully saturated rings. The Kier molecular flexibility index (Phi) is 4.01. The third-order valence-electron chi connectivity index (χ3n) is 3.14. The van der Waals surface area contributed by atoms with Gasteiger partial charge in [-0.3, -0.25) is 4.98 Å². The molecule has 0 aliphatic heterocycles. The lowest BCUT2D eigenvalue weighted by molar-refractivity contribution is 1.25. The van der Waals surface area contributed by atoms with Crippen molar-refractivity contribution in [1.82, 2.24) is 4.98 Å². The van der Waals surface area contributed by atoms with Crippen molar-refractivity contribution in [2.75, 3.05) is 0 Å². The standard InChI is InChI=1S/C16H17ClN2/c1-10-5-14(9-18-8-10)16(17)19-15-7-12(3)11(2)6-13(15)4/h5-9H,1-4H3. The van der Waals surface area contributed by atoms with Crippen molar-refractivity contribution in [3.63, 3.8) is 0 Å². The van der Waals surface area contributed by atoms with Crippen LogP contribution >= 0.6 is 11.6 Å². The van der Waals surface area contributed by atoms with Crippen molar-refractivity contribution < 1.29 is 0 Å². The summed E-state index contributed by atoms with van der Waals surface area (Å²) in [6, 6.07) is 6.18. The number of rotatable bonds is 2. The predicted molar refractivity (Wildman–Crippen MR) is 81.7 cm³/mol. The van der Waals surface area contributed by atoms with E-state index in [1.165, 1.54) is 11.1 Å². The summed E-state index contributed by atoms with van der Waals surface area (Å²) in [7, 11) is 0. The summed E-state index contributed by atoms with van der Waals surface area (Å²) in [5.74, 6) is 0. The van der Waals surface area contributed by atoms with Crippen LogP contribution in [0.15, 0.2) is 35.6 Å². The summed E-state index contributed by atoms with van der Waals surface area (Å²) in [4.78, 5) is 8.65. The second-order valence-electron chi connectivity index (χ2n) is 4.88. The smallest absolute Gasteiger partial charge is 0.138 e. The number of nitrogens with zero attached hydrogens (tertiary/aromatic N) is 2. The zero-order valence-electron chi connectivity index (χ0n) is 11.7. The Hall–Kier alpha value is -1.67. The highest BCUT2D eigenvalue weighted by molar-refractivity contribution is 6.69. The van der Waals surface area contributed by atoms with Crippen LogP contribution in [-0.4, -0.2) is 10.2 Å². The molecule has 0 spiro atoms. The fourth-order valence-electron chi connectivity index (χ4n) is 1.90. The Bertz CT molecular complexity index is 645. The zero-order valence-corrected chi connectivity index (χ0v) is 12.4. The minimum Gasteiger partial charge on any atom is -0.264 e. The van der Waals surface area contributed by atoms with Crippen LogP contribution in [0, 0.1) is 27.7 Å². The van der Waals surface area contributed by atoms with Gasteiger partial charge in [0.05, 0.1) is 5.69 Å². The molecule has 19 heavy (non-hydrogen) atoms. The number of aryl methyl sites for hydroxylation is 4. The Morgan fingerprint density at radius 2 is 1.63 bits per heavy atom. The molecule has 0 bridgehead atoms. The van der Waals surface area contributed by atoms with Gasteiger partial charge in [-0.05, 0) is 62.1 Å². The van der Waals surface area contributed by atoms with Gasteiger partial charge in [0.1, 0.15) is 5.17 Å². The maximum absolute atomic E-state index is 6.29. The molecule has 2 rings (SSSR count). The van der Waals surface area contributed by atoms with Crippen molar-refractivity contribution in [3.05, 3.63) is 58.4 Å². The molecule has 0 radical (unpaired) electrons. The van der Waals surface area contributed by atoms with Gasteiger partial charge in [0, 0.05) is 18.0 Å². The van der Waals surface area contributed by atoms with E-state index >= 15 is 0 Å². The molecule has 0 unspecified atom stereocenters. The summed E-state index contributed by atoms with van der Waals surface area (Å²) in [6.07, 6.45) is 3.53. The molecule has 0 aliphatic rings. The fourth-order valence-corrected chi connectivity index (χ4v) is 2.10. The maximum atomic E-state index is 6.29. The topological polar surface area (TPSA) is 25.2 Å². The zero-order chi connectivity index (χ0) is 14.0. The molecule has 2 aromatic rings. The van der Waals surface area contributed by atoms with Gasteiger partial charge in [-0.1, -0.05) is 17.7 Å². The number of hydrogen-bond acceptors (Lipinski definition) is 2. The predicted octanol–water partition coefficient (Wildman–Crippen LogP) is 4.63. The van der Waals surface area contributed by atoms with Gasteiger partial charge in [0.2, 0.25) is 0 Å². The molecule has 0 amide bonds. The minimum atomic E-state index is 0.475. The number of halogens is 1. The first kappa shape index (κ1) is 13.8. The lowest BCUT2D eigenvalue weighted by Crippen LogP contribution is -1.94. The van der Waals surface area contributed by atoms with Crippen molar-refractivity contribution in [2.45, 2.75) is 27.7 Å². The highest BCUT2D eigenvalue weighted by atomic mass is 35.5. The number of aliphatic imine (C=N–C) groups is 1. The monoisotopic (exact) mass is 272 g/mol. The Morgan fingerprint density at radius 3 is 2.32 bits per heavy atom. The SMILES string of the molecule is Cc1cncc(C(Cl)=Nc2cc(C)c(C)cc2C)c1. The van der Waals surface area contributed by atoms with E-state index in [4.69, 9.17) is 11.6 Å². The van der Waals surface area contributed by atoms with E-state index in [0.717, 1.165) is 22.4 Å². The largest absolute Gasteiger partial charge is 0.264 e. The van der Waals surface area contributed by atoms with Crippen molar-refractivity contribution >= 4 is 22.5 Å². The molecule has 1 aromatic heterocycles. The van der Waals surface area contributed by atoms with Gasteiger partial charge >= 0.3 is 0 Å². The molecule has 3 heteroatoms. The highest BCUT2D eigenvalue weighted by Gasteiger charge is 2.05. The lowest BCUT2D eigenvalue weighted by Gasteiger charge is -2.07. The number of benzene rings is 1. The van der Waals surface area contributed by atoms with E-state index < -0.39 is 0 Å². The van der Waals surface area contributed by atoms with Gasteiger partial charge in [-0.15, -0.1) is 0 Å². The van der Waals surface area contributed by atoms with E-state index in [1.54, 1.807) is 12.4 Å². The lowest BCUT2D eigenvalue weighted by atomic mass is 10.1. The average Bonchev–Trinajstić information content (AvgIpc) is 2.36. The van der Waals surface area contributed by atoms with E-state index in [1.807, 2.05) is 19.9 Å². The van der Waals surface area contributed by atoms with Crippen LogP contribution in [-0.2, 0) is 0 Å². The molecule has 0 saturated carbocycles. The molecule has 0 aliphatic carbocycles. The van der Waals surface area contributed by atoms with Crippen LogP contribution in [0.4, 0.5) is 5.69 Å². The second-order valence-corrected chi connectivity index (χ2v) is 5.23. The summed E-state index contributed by atoms with van der Waals surface area (Å²) < 4.78 is 0. The van der Waals surface area contributed by atoms with Crippen LogP contribution < -0.4 is 0 Å². The van der Waals surface area contributed by atoms with Gasteiger partial charge in [0.15, 0.2) is 0 Å². The van der Waals surface area contributed by atoms with E-state index in [2.05, 4.69) is 36.0 Å². The summed E-state index contributed by atoms with van der Waals surface area (Å²) >= 11 is 6.29. The third-order valence-corrected chi connectivity index (χ3v) is 3.45. The molecule has 0 saturated heterocycles. The fraction of sp³-hybridized carbons (Fsp3) is 0.250. The van der Waals surface area contributed by atoms with Gasteiger partial charge in [0.25, 0.3) is 0 Å². The van der Waals surface area contributed by atoms with Crippen LogP contribution in [0.5, 0.6) is 0 Å². The molecule has 0 atom stereocenters. The molecular weight excluding hydrogens is 256 g/mol. The van der Waals surface area contributed by atoms with E-state index in [-0.39, 0.29) is 0 Å². The first-order chi connectivity index (χ1) is 8.97. The van der Waals surface area contributed by atoms with Crippen LogP contribution in [0.2, 0.25) is 0 Å². The highest BCUT2D eigenvalue weighted by Crippen LogP contribution is 2.24. The summed E-state index contributed by atoms with van der Waals surface area (Å²) in [5.41, 5.74) is 6.44. The van der Waals surface area contributed by atoms with E-state index in [0.29, 0.717) is 5.17 Å². The number of hydrogen-bond donors (Lipinski definition) is 0. The molecular formula is C16H17ClN2. The van der Waals surface area contributed by atoms with Gasteiger partial charge in [-0.2, -0.15) is 0 Å². The Balaban J connectivity index is 2.43. The normalized spacial score (nSPS) is 11.7. The Labute approximate surface area is 119 Å². The molecule has 0 N–H and O–H groups in total. The minimum absolute atomic E-state index is 0.475. The second kappa shape index (κ2) is 5.54. The molecule has 98 valence electrons. The first-order valence-corrected chi connectivity index (χ1v) is 6.59. The average molecular weight is 273 g/mol. The summed E-state index contributed by atoms with van der Waals surface area (Å²) in [5, 5.41) is 0.475.